The van der Waals surface area contributed by atoms with Gasteiger partial charge in [0.2, 0.25) is 0 Å². The molecule has 2 saturated heterocycles. The van der Waals surface area contributed by atoms with Crippen LogP contribution in [0, 0.1) is 0 Å². The van der Waals surface area contributed by atoms with Gasteiger partial charge in [0.1, 0.15) is 17.0 Å². The van der Waals surface area contributed by atoms with Gasteiger partial charge in [0.25, 0.3) is 5.91 Å². The van der Waals surface area contributed by atoms with Gasteiger partial charge in [-0.1, -0.05) is 17.9 Å². The fourth-order valence-electron chi connectivity index (χ4n) is 5.02. The predicted octanol–water partition coefficient (Wildman–Crippen LogP) is 3.51. The van der Waals surface area contributed by atoms with Gasteiger partial charge in [-0.3, -0.25) is 14.8 Å². The van der Waals surface area contributed by atoms with E-state index in [1.54, 1.807) is 4.90 Å². The summed E-state index contributed by atoms with van der Waals surface area (Å²) < 4.78 is 46.1. The normalized spacial score (nSPS) is 17.6. The van der Waals surface area contributed by atoms with Crippen molar-refractivity contribution in [2.24, 2.45) is 0 Å². The molecule has 38 heavy (non-hydrogen) atoms. The molecule has 3 aromatic rings. The molecule has 0 radical (unpaired) electrons. The van der Waals surface area contributed by atoms with E-state index in [4.69, 9.17) is 4.74 Å². The molecule has 9 nitrogen and oxygen atoms in total. The van der Waals surface area contributed by atoms with Crippen molar-refractivity contribution in [1.29, 1.82) is 0 Å². The monoisotopic (exact) mass is 530 g/mol. The average Bonchev–Trinajstić information content (AvgIpc) is 3.39. The second-order valence-electron chi connectivity index (χ2n) is 9.43. The zero-order chi connectivity index (χ0) is 26.7. The molecule has 0 bridgehead atoms. The molecule has 2 aliphatic rings. The fraction of sp³-hybridized carbons (Fsp3) is 0.423. The quantitative estimate of drug-likeness (QED) is 0.500. The maximum atomic E-state index is 12.6. The Kier molecular flexibility index (Phi) is 7.41. The molecular formula is C26H29F3N6O3. The Balaban J connectivity index is 1.04. The van der Waals surface area contributed by atoms with E-state index in [0.717, 1.165) is 73.4 Å². The summed E-state index contributed by atoms with van der Waals surface area (Å²) >= 11 is 0. The largest absolute Gasteiger partial charge is 0.573 e. The van der Waals surface area contributed by atoms with Crippen molar-refractivity contribution in [3.05, 3.63) is 54.6 Å². The highest BCUT2D eigenvalue weighted by Crippen LogP contribution is 2.27. The minimum atomic E-state index is -4.75. The number of piperidine rings is 1. The first-order valence-corrected chi connectivity index (χ1v) is 12.5. The van der Waals surface area contributed by atoms with E-state index in [-0.39, 0.29) is 18.3 Å². The number of aromatic nitrogens is 3. The zero-order valence-corrected chi connectivity index (χ0v) is 20.8. The standard InChI is InChI=1S/C26H29F3N6O3/c1-18(19-2-7-23-24(16-19)31-32-30-23)33-10-8-20(9-11-33)34-12-14-35(15-13-34)25(36)17-37-21-3-5-22(6-4-21)38-26(27,28)29/h2-7,16,20H,1,8-15,17H2,(H,30,31,32). The van der Waals surface area contributed by atoms with E-state index < -0.39 is 6.36 Å². The molecule has 3 heterocycles. The molecule has 2 aliphatic heterocycles. The van der Waals surface area contributed by atoms with Gasteiger partial charge >= 0.3 is 6.36 Å². The van der Waals surface area contributed by atoms with Crippen LogP contribution in [-0.2, 0) is 4.79 Å². The topological polar surface area (TPSA) is 86.8 Å². The highest BCUT2D eigenvalue weighted by molar-refractivity contribution is 5.79. The van der Waals surface area contributed by atoms with Crippen LogP contribution in [0.4, 0.5) is 13.2 Å². The van der Waals surface area contributed by atoms with Crippen LogP contribution in [0.15, 0.2) is 49.0 Å². The van der Waals surface area contributed by atoms with E-state index in [1.165, 1.54) is 12.1 Å². The summed E-state index contributed by atoms with van der Waals surface area (Å²) in [5.41, 5.74) is 3.76. The molecule has 0 aliphatic carbocycles. The lowest BCUT2D eigenvalue weighted by Gasteiger charge is -2.43. The number of piperazine rings is 1. The number of aromatic amines is 1. The Morgan fingerprint density at radius 3 is 2.34 bits per heavy atom. The molecule has 0 unspecified atom stereocenters. The Morgan fingerprint density at radius 1 is 0.974 bits per heavy atom. The smallest absolute Gasteiger partial charge is 0.484 e. The summed E-state index contributed by atoms with van der Waals surface area (Å²) in [6.45, 7) is 8.80. The second kappa shape index (κ2) is 10.9. The molecule has 1 amide bonds. The Bertz CT molecular complexity index is 1260. The van der Waals surface area contributed by atoms with Gasteiger partial charge in [-0.15, -0.1) is 18.3 Å². The van der Waals surface area contributed by atoms with Gasteiger partial charge in [-0.25, -0.2) is 0 Å². The van der Waals surface area contributed by atoms with E-state index in [0.29, 0.717) is 24.9 Å². The Hall–Kier alpha value is -3.80. The molecule has 12 heteroatoms. The fourth-order valence-corrected chi connectivity index (χ4v) is 5.02. The molecule has 0 saturated carbocycles. The second-order valence-corrected chi connectivity index (χ2v) is 9.43. The van der Waals surface area contributed by atoms with Crippen LogP contribution in [0.2, 0.25) is 0 Å². The van der Waals surface area contributed by atoms with E-state index in [2.05, 4.69) is 36.5 Å². The lowest BCUT2D eigenvalue weighted by Crippen LogP contribution is -2.54. The van der Waals surface area contributed by atoms with E-state index in [1.807, 2.05) is 18.2 Å². The molecule has 0 spiro atoms. The number of benzene rings is 2. The van der Waals surface area contributed by atoms with Crippen LogP contribution in [-0.4, -0.2) is 94.3 Å². The lowest BCUT2D eigenvalue weighted by molar-refractivity contribution is -0.274. The van der Waals surface area contributed by atoms with Crippen LogP contribution in [0.1, 0.15) is 18.4 Å². The number of hydrogen-bond acceptors (Lipinski definition) is 7. The summed E-state index contributed by atoms with van der Waals surface area (Å²) in [4.78, 5) is 19.1. The number of carbonyl (C=O) groups excluding carboxylic acids is 1. The molecule has 2 aromatic carbocycles. The molecule has 1 N–H and O–H groups in total. The van der Waals surface area contributed by atoms with Crippen LogP contribution in [0.3, 0.4) is 0 Å². The number of nitrogens with zero attached hydrogens (tertiary/aromatic N) is 5. The number of ether oxygens (including phenoxy) is 2. The van der Waals surface area contributed by atoms with Crippen LogP contribution in [0.5, 0.6) is 11.5 Å². The van der Waals surface area contributed by atoms with Crippen molar-refractivity contribution >= 4 is 22.6 Å². The van der Waals surface area contributed by atoms with Crippen LogP contribution >= 0.6 is 0 Å². The highest BCUT2D eigenvalue weighted by atomic mass is 19.4. The number of fused-ring (bicyclic) bond motifs is 1. The summed E-state index contributed by atoms with van der Waals surface area (Å²) in [6, 6.07) is 11.5. The minimum Gasteiger partial charge on any atom is -0.484 e. The van der Waals surface area contributed by atoms with Crippen molar-refractivity contribution in [3.63, 3.8) is 0 Å². The number of amides is 1. The number of rotatable bonds is 7. The van der Waals surface area contributed by atoms with Crippen molar-refractivity contribution in [3.8, 4) is 11.5 Å². The first-order chi connectivity index (χ1) is 18.2. The molecule has 0 atom stereocenters. The van der Waals surface area contributed by atoms with Crippen molar-refractivity contribution < 1.29 is 27.4 Å². The van der Waals surface area contributed by atoms with Crippen molar-refractivity contribution in [1.82, 2.24) is 30.1 Å². The Labute approximate surface area is 217 Å². The maximum absolute atomic E-state index is 12.6. The van der Waals surface area contributed by atoms with Gasteiger partial charge in [0, 0.05) is 51.0 Å². The highest BCUT2D eigenvalue weighted by Gasteiger charge is 2.31. The Morgan fingerprint density at radius 2 is 1.66 bits per heavy atom. The maximum Gasteiger partial charge on any atom is 0.573 e. The number of hydrogen-bond donors (Lipinski definition) is 1. The van der Waals surface area contributed by atoms with E-state index >= 15 is 0 Å². The molecule has 202 valence electrons. The summed E-state index contributed by atoms with van der Waals surface area (Å²) in [6.07, 6.45) is -2.70. The van der Waals surface area contributed by atoms with Gasteiger partial charge in [-0.05, 0) is 54.8 Å². The SMILES string of the molecule is C=C(c1ccc2[nH]nnc2c1)N1CCC(N2CCN(C(=O)COc3ccc(OC(F)(F)F)cc3)CC2)CC1. The predicted molar refractivity (Wildman–Crippen MR) is 134 cm³/mol. The first-order valence-electron chi connectivity index (χ1n) is 12.5. The van der Waals surface area contributed by atoms with Crippen molar-refractivity contribution in [2.45, 2.75) is 25.2 Å². The number of carbonyl (C=O) groups is 1. The zero-order valence-electron chi connectivity index (χ0n) is 20.8. The lowest BCUT2D eigenvalue weighted by atomic mass is 10.0. The number of H-pyrrole nitrogens is 1. The number of halogens is 3. The number of likely N-dealkylation sites (tertiary alicyclic amines) is 1. The third-order valence-corrected chi connectivity index (χ3v) is 7.11. The summed E-state index contributed by atoms with van der Waals surface area (Å²) in [5.74, 6) is -0.174. The minimum absolute atomic E-state index is 0.143. The molecule has 1 aromatic heterocycles. The van der Waals surface area contributed by atoms with Crippen LogP contribution < -0.4 is 9.47 Å². The molecule has 5 rings (SSSR count). The van der Waals surface area contributed by atoms with Gasteiger partial charge in [0.05, 0.1) is 5.52 Å². The van der Waals surface area contributed by atoms with Crippen LogP contribution in [0.25, 0.3) is 16.7 Å². The average molecular weight is 531 g/mol. The van der Waals surface area contributed by atoms with Gasteiger partial charge in [-0.2, -0.15) is 0 Å². The molecule has 2 fully saturated rings. The van der Waals surface area contributed by atoms with E-state index in [9.17, 15) is 18.0 Å². The van der Waals surface area contributed by atoms with Gasteiger partial charge < -0.3 is 19.3 Å². The third kappa shape index (κ3) is 6.18. The summed E-state index contributed by atoms with van der Waals surface area (Å²) in [7, 11) is 0. The first kappa shape index (κ1) is 25.8. The van der Waals surface area contributed by atoms with Crippen molar-refractivity contribution in [2.75, 3.05) is 45.9 Å². The van der Waals surface area contributed by atoms with Gasteiger partial charge in [0.15, 0.2) is 6.61 Å². The summed E-state index contributed by atoms with van der Waals surface area (Å²) in [5, 5.41) is 10.8. The number of nitrogens with one attached hydrogen (secondary N) is 1. The molecular weight excluding hydrogens is 501 g/mol. The number of alkyl halides is 3. The third-order valence-electron chi connectivity index (χ3n) is 7.11.